The molecule has 0 fully saturated rings. The van der Waals surface area contributed by atoms with E-state index in [1.807, 2.05) is 0 Å². The van der Waals surface area contributed by atoms with Crippen LogP contribution in [0.3, 0.4) is 0 Å². The van der Waals surface area contributed by atoms with Crippen molar-refractivity contribution in [1.29, 1.82) is 0 Å². The third kappa shape index (κ3) is 3.42. The van der Waals surface area contributed by atoms with Crippen molar-refractivity contribution in [2.45, 2.75) is 17.8 Å². The Balaban J connectivity index is 1.75. The highest BCUT2D eigenvalue weighted by Gasteiger charge is 2.45. The van der Waals surface area contributed by atoms with Gasteiger partial charge in [0.25, 0.3) is 16.0 Å². The van der Waals surface area contributed by atoms with Gasteiger partial charge >= 0.3 is 0 Å². The van der Waals surface area contributed by atoms with Crippen molar-refractivity contribution in [2.24, 2.45) is 0 Å². The zero-order chi connectivity index (χ0) is 20.9. The molecule has 0 aromatic heterocycles. The maximum absolute atomic E-state index is 13.2. The number of ether oxygens (including phenoxy) is 2. The fourth-order valence-electron chi connectivity index (χ4n) is 3.47. The van der Waals surface area contributed by atoms with Gasteiger partial charge in [0.1, 0.15) is 0 Å². The van der Waals surface area contributed by atoms with Crippen molar-refractivity contribution in [2.75, 3.05) is 26.2 Å². The number of amides is 2. The molecular weight excluding hydrogens is 402 g/mol. The van der Waals surface area contributed by atoms with Crippen LogP contribution in [-0.4, -0.2) is 66.9 Å². The average Bonchev–Trinajstić information content (AvgIpc) is 3.25. The summed E-state index contributed by atoms with van der Waals surface area (Å²) < 4.78 is 44.6. The highest BCUT2D eigenvalue weighted by Crippen LogP contribution is 2.41. The van der Waals surface area contributed by atoms with Crippen LogP contribution < -0.4 is 14.8 Å². The molecule has 0 bridgehead atoms. The number of fused-ring (bicyclic) bond motifs is 3. The van der Waals surface area contributed by atoms with Gasteiger partial charge in [0, 0.05) is 32.4 Å². The van der Waals surface area contributed by atoms with Gasteiger partial charge in [-0.25, -0.2) is 0 Å². The Morgan fingerprint density at radius 1 is 1.31 bits per heavy atom. The number of nitrogens with zero attached hydrogens (tertiary/aromatic N) is 2. The summed E-state index contributed by atoms with van der Waals surface area (Å²) in [7, 11) is -1.35. The van der Waals surface area contributed by atoms with Crippen LogP contribution in [-0.2, 0) is 14.9 Å². The summed E-state index contributed by atoms with van der Waals surface area (Å²) >= 11 is 0. The van der Waals surface area contributed by atoms with Gasteiger partial charge < -0.3 is 24.6 Å². The number of anilines is 1. The first-order valence-corrected chi connectivity index (χ1v) is 10.2. The molecule has 0 unspecified atom stereocenters. The second kappa shape index (κ2) is 6.78. The fraction of sp³-hybridized carbons (Fsp3) is 0.333. The molecule has 4 rings (SSSR count). The standard InChI is InChI=1S/C18H19N3O7S/c1-20(2)16(22)4-3-10-5-13-17(29(24,25)26)19-12-7-15-14(27-9-28-15)6-11(12)18(23)21(13)8-10/h3-4,6-8,13,17,19H,5,9H2,1-2H3,(H,24,25,26)/b4-3+/t13-,17+/m0/s1. The van der Waals surface area contributed by atoms with E-state index < -0.39 is 27.4 Å². The number of carbonyl (C=O) groups excluding carboxylic acids is 2. The minimum Gasteiger partial charge on any atom is -0.454 e. The molecule has 0 radical (unpaired) electrons. The van der Waals surface area contributed by atoms with E-state index in [1.165, 1.54) is 40.3 Å². The first-order chi connectivity index (χ1) is 13.6. The Hall–Kier alpha value is -3.05. The Labute approximate surface area is 167 Å². The normalized spacial score (nSPS) is 22.7. The van der Waals surface area contributed by atoms with Crippen LogP contribution in [0.4, 0.5) is 5.69 Å². The monoisotopic (exact) mass is 421 g/mol. The third-order valence-corrected chi connectivity index (χ3v) is 6.01. The Kier molecular flexibility index (Phi) is 4.50. The predicted molar refractivity (Wildman–Crippen MR) is 102 cm³/mol. The lowest BCUT2D eigenvalue weighted by atomic mass is 10.1. The number of hydrogen-bond donors (Lipinski definition) is 2. The first kappa shape index (κ1) is 19.3. The smallest absolute Gasteiger partial charge is 0.288 e. The minimum absolute atomic E-state index is 0.00473. The molecule has 0 aliphatic carbocycles. The minimum atomic E-state index is -4.56. The molecule has 11 heteroatoms. The molecule has 29 heavy (non-hydrogen) atoms. The van der Waals surface area contributed by atoms with Gasteiger partial charge in [-0.3, -0.25) is 14.1 Å². The Morgan fingerprint density at radius 2 is 2.00 bits per heavy atom. The van der Waals surface area contributed by atoms with Crippen LogP contribution in [0.15, 0.2) is 36.1 Å². The van der Waals surface area contributed by atoms with Gasteiger partial charge in [-0.15, -0.1) is 0 Å². The van der Waals surface area contributed by atoms with E-state index in [4.69, 9.17) is 9.47 Å². The molecule has 3 heterocycles. The molecule has 154 valence electrons. The number of nitrogens with one attached hydrogen (secondary N) is 1. The average molecular weight is 421 g/mol. The molecule has 0 saturated heterocycles. The SMILES string of the molecule is CN(C)C(=O)/C=C/C1=CN2C(=O)c3cc4c(cc3N[C@H](S(=O)(=O)O)[C@@H]2C1)OCO4. The molecule has 0 saturated carbocycles. The number of rotatable bonds is 3. The zero-order valence-corrected chi connectivity index (χ0v) is 16.5. The van der Waals surface area contributed by atoms with E-state index in [2.05, 4.69) is 5.32 Å². The van der Waals surface area contributed by atoms with Crippen molar-refractivity contribution in [3.8, 4) is 11.5 Å². The number of hydrogen-bond acceptors (Lipinski definition) is 7. The maximum Gasteiger partial charge on any atom is 0.288 e. The molecule has 10 nitrogen and oxygen atoms in total. The van der Waals surface area contributed by atoms with Gasteiger partial charge in [0.15, 0.2) is 16.9 Å². The topological polar surface area (TPSA) is 125 Å². The van der Waals surface area contributed by atoms with Gasteiger partial charge in [-0.2, -0.15) is 8.42 Å². The number of benzene rings is 1. The fourth-order valence-corrected chi connectivity index (χ4v) is 4.37. The van der Waals surface area contributed by atoms with Crippen molar-refractivity contribution < 1.29 is 32.0 Å². The van der Waals surface area contributed by atoms with Crippen molar-refractivity contribution in [3.05, 3.63) is 41.6 Å². The van der Waals surface area contributed by atoms with E-state index >= 15 is 0 Å². The Morgan fingerprint density at radius 3 is 2.66 bits per heavy atom. The van der Waals surface area contributed by atoms with Crippen molar-refractivity contribution in [1.82, 2.24) is 9.80 Å². The molecular formula is C18H19N3O7S. The summed E-state index contributed by atoms with van der Waals surface area (Å²) in [6.45, 7) is -0.00473. The largest absolute Gasteiger partial charge is 0.454 e. The number of allylic oxidation sites excluding steroid dienone is 1. The van der Waals surface area contributed by atoms with E-state index in [0.717, 1.165) is 0 Å². The molecule has 1 aromatic rings. The molecule has 2 atom stereocenters. The van der Waals surface area contributed by atoms with Gasteiger partial charge in [0.05, 0.1) is 17.3 Å². The highest BCUT2D eigenvalue weighted by atomic mass is 32.2. The highest BCUT2D eigenvalue weighted by molar-refractivity contribution is 7.86. The van der Waals surface area contributed by atoms with Crippen molar-refractivity contribution in [3.63, 3.8) is 0 Å². The summed E-state index contributed by atoms with van der Waals surface area (Å²) in [5.74, 6) is 0.0494. The molecule has 2 N–H and O–H groups in total. The number of likely N-dealkylation sites (N-methyl/N-ethyl adjacent to an activating group) is 1. The van der Waals surface area contributed by atoms with Crippen LogP contribution in [0.25, 0.3) is 0 Å². The zero-order valence-electron chi connectivity index (χ0n) is 15.7. The van der Waals surface area contributed by atoms with E-state index in [1.54, 1.807) is 14.1 Å². The Bertz CT molecular complexity index is 1060. The van der Waals surface area contributed by atoms with Crippen molar-refractivity contribution >= 4 is 27.6 Å². The quantitative estimate of drug-likeness (QED) is 0.542. The maximum atomic E-state index is 13.2. The molecule has 0 spiro atoms. The molecule has 3 aliphatic rings. The van der Waals surface area contributed by atoms with Crippen LogP contribution in [0.1, 0.15) is 16.8 Å². The predicted octanol–water partition coefficient (Wildman–Crippen LogP) is 0.797. The van der Waals surface area contributed by atoms with Crippen LogP contribution in [0.2, 0.25) is 0 Å². The van der Waals surface area contributed by atoms with Crippen LogP contribution in [0, 0.1) is 0 Å². The summed E-state index contributed by atoms with van der Waals surface area (Å²) in [5, 5.41) is 1.31. The second-order valence-corrected chi connectivity index (χ2v) is 8.62. The van der Waals surface area contributed by atoms with E-state index in [0.29, 0.717) is 17.1 Å². The lowest BCUT2D eigenvalue weighted by Gasteiger charge is -2.26. The van der Waals surface area contributed by atoms with Gasteiger partial charge in [-0.1, -0.05) is 6.08 Å². The third-order valence-electron chi connectivity index (χ3n) is 4.93. The lowest BCUT2D eigenvalue weighted by Crippen LogP contribution is -2.46. The summed E-state index contributed by atoms with van der Waals surface area (Å²) in [6.07, 6.45) is 4.50. The molecule has 1 aromatic carbocycles. The molecule has 3 aliphatic heterocycles. The van der Waals surface area contributed by atoms with Gasteiger partial charge in [0.2, 0.25) is 12.7 Å². The van der Waals surface area contributed by atoms with Crippen LogP contribution >= 0.6 is 0 Å². The van der Waals surface area contributed by atoms with E-state index in [9.17, 15) is 22.6 Å². The summed E-state index contributed by atoms with van der Waals surface area (Å²) in [6, 6.07) is 2.07. The number of carbonyl (C=O) groups is 2. The summed E-state index contributed by atoms with van der Waals surface area (Å²) in [5.41, 5.74) is 0.999. The second-order valence-electron chi connectivity index (χ2n) is 7.08. The molecule has 2 amide bonds. The van der Waals surface area contributed by atoms with Gasteiger partial charge in [-0.05, 0) is 18.1 Å². The lowest BCUT2D eigenvalue weighted by molar-refractivity contribution is -0.123. The summed E-state index contributed by atoms with van der Waals surface area (Å²) in [4.78, 5) is 27.6. The first-order valence-electron chi connectivity index (χ1n) is 8.74. The van der Waals surface area contributed by atoms with Crippen LogP contribution in [0.5, 0.6) is 11.5 Å². The van der Waals surface area contributed by atoms with E-state index in [-0.39, 0.29) is 30.4 Å².